The largest absolute Gasteiger partial charge is 0.398 e. The molecule has 1 aromatic heterocycles. The molecule has 1 aromatic rings. The summed E-state index contributed by atoms with van der Waals surface area (Å²) < 4.78 is 0. The van der Waals surface area contributed by atoms with Gasteiger partial charge in [-0.25, -0.2) is 4.98 Å². The van der Waals surface area contributed by atoms with Crippen molar-refractivity contribution in [1.29, 1.82) is 0 Å². The molecule has 4 N–H and O–H groups in total. The molecule has 0 spiro atoms. The molecule has 4 nitrogen and oxygen atoms in total. The van der Waals surface area contributed by atoms with E-state index < -0.39 is 0 Å². The number of hydrogen-bond donors (Lipinski definition) is 3. The van der Waals surface area contributed by atoms with Gasteiger partial charge in [-0.15, -0.1) is 0 Å². The first-order valence-corrected chi connectivity index (χ1v) is 6.33. The van der Waals surface area contributed by atoms with E-state index in [9.17, 15) is 5.11 Å². The highest BCUT2D eigenvalue weighted by atomic mass is 16.3. The van der Waals surface area contributed by atoms with E-state index in [2.05, 4.69) is 10.3 Å². The van der Waals surface area contributed by atoms with Gasteiger partial charge in [-0.2, -0.15) is 0 Å². The number of hydrogen-bond acceptors (Lipinski definition) is 4. The van der Waals surface area contributed by atoms with E-state index in [1.807, 2.05) is 13.0 Å². The van der Waals surface area contributed by atoms with Gasteiger partial charge in [0.05, 0.1) is 12.1 Å². The molecule has 2 rings (SSSR count). The van der Waals surface area contributed by atoms with Crippen LogP contribution in [0.25, 0.3) is 0 Å². The van der Waals surface area contributed by atoms with Gasteiger partial charge < -0.3 is 16.2 Å². The molecule has 1 saturated carbocycles. The van der Waals surface area contributed by atoms with Crippen molar-refractivity contribution in [3.05, 3.63) is 17.8 Å². The van der Waals surface area contributed by atoms with E-state index in [1.54, 1.807) is 6.20 Å². The highest BCUT2D eigenvalue weighted by Crippen LogP contribution is 2.22. The van der Waals surface area contributed by atoms with Gasteiger partial charge in [-0.05, 0) is 25.3 Å². The number of aliphatic hydroxyl groups is 1. The zero-order valence-corrected chi connectivity index (χ0v) is 10.3. The fraction of sp³-hybridized carbons (Fsp3) is 0.615. The number of nitrogens with zero attached hydrogens (tertiary/aromatic N) is 1. The number of nitrogens with two attached hydrogens (primary N) is 1. The number of nitrogens with one attached hydrogen (secondary N) is 1. The Kier molecular flexibility index (Phi) is 3.84. The topological polar surface area (TPSA) is 71.2 Å². The summed E-state index contributed by atoms with van der Waals surface area (Å²) in [6, 6.07) is 1.94. The Labute approximate surface area is 102 Å². The quantitative estimate of drug-likeness (QED) is 0.686. The van der Waals surface area contributed by atoms with Crippen LogP contribution >= 0.6 is 0 Å². The molecule has 0 amide bonds. The average Bonchev–Trinajstić information content (AvgIpc) is 2.50. The van der Waals surface area contributed by atoms with Gasteiger partial charge in [0, 0.05) is 18.0 Å². The third kappa shape index (κ3) is 3.09. The van der Waals surface area contributed by atoms with Crippen LogP contribution in [0.5, 0.6) is 0 Å². The Morgan fingerprint density at radius 1 is 1.35 bits per heavy atom. The van der Waals surface area contributed by atoms with Crippen molar-refractivity contribution in [2.45, 2.75) is 51.2 Å². The van der Waals surface area contributed by atoms with Crippen LogP contribution in [-0.2, 0) is 0 Å². The molecule has 94 valence electrons. The second-order valence-corrected chi connectivity index (χ2v) is 4.88. The van der Waals surface area contributed by atoms with Crippen molar-refractivity contribution < 1.29 is 5.11 Å². The zero-order chi connectivity index (χ0) is 12.3. The fourth-order valence-corrected chi connectivity index (χ4v) is 2.26. The van der Waals surface area contributed by atoms with E-state index in [1.165, 1.54) is 6.42 Å². The molecule has 4 heteroatoms. The molecule has 1 heterocycles. The average molecular weight is 235 g/mol. The lowest BCUT2D eigenvalue weighted by atomic mass is 10.1. The van der Waals surface area contributed by atoms with E-state index in [0.29, 0.717) is 0 Å². The molecule has 0 aromatic carbocycles. The highest BCUT2D eigenvalue weighted by Gasteiger charge is 2.21. The van der Waals surface area contributed by atoms with E-state index in [0.717, 1.165) is 42.8 Å². The zero-order valence-electron chi connectivity index (χ0n) is 10.3. The van der Waals surface area contributed by atoms with Crippen molar-refractivity contribution in [2.24, 2.45) is 0 Å². The van der Waals surface area contributed by atoms with E-state index in [4.69, 9.17) is 5.73 Å². The van der Waals surface area contributed by atoms with Crippen LogP contribution in [0.2, 0.25) is 0 Å². The van der Waals surface area contributed by atoms with Crippen molar-refractivity contribution in [3.8, 4) is 0 Å². The molecular formula is C13H21N3O. The number of aromatic nitrogens is 1. The predicted molar refractivity (Wildman–Crippen MR) is 69.9 cm³/mol. The summed E-state index contributed by atoms with van der Waals surface area (Å²) in [5, 5.41) is 13.3. The Morgan fingerprint density at radius 3 is 2.88 bits per heavy atom. The first kappa shape index (κ1) is 12.2. The summed E-state index contributed by atoms with van der Waals surface area (Å²) >= 11 is 0. The molecule has 2 unspecified atom stereocenters. The van der Waals surface area contributed by atoms with Gasteiger partial charge in [0.15, 0.2) is 0 Å². The van der Waals surface area contributed by atoms with Gasteiger partial charge in [0.2, 0.25) is 0 Å². The Bertz CT molecular complexity index is 381. The van der Waals surface area contributed by atoms with Crippen LogP contribution in [0.3, 0.4) is 0 Å². The highest BCUT2D eigenvalue weighted by molar-refractivity contribution is 5.53. The van der Waals surface area contributed by atoms with Gasteiger partial charge >= 0.3 is 0 Å². The Hall–Kier alpha value is -1.29. The summed E-state index contributed by atoms with van der Waals surface area (Å²) in [6.45, 7) is 1.94. The lowest BCUT2D eigenvalue weighted by Gasteiger charge is -2.22. The second-order valence-electron chi connectivity index (χ2n) is 4.88. The molecule has 0 radical (unpaired) electrons. The molecule has 0 aliphatic heterocycles. The van der Waals surface area contributed by atoms with Gasteiger partial charge in [-0.1, -0.05) is 19.3 Å². The number of aryl methyl sites for hydroxylation is 1. The number of pyridine rings is 1. The van der Waals surface area contributed by atoms with Crippen molar-refractivity contribution in [1.82, 2.24) is 4.98 Å². The number of rotatable bonds is 2. The third-order valence-corrected chi connectivity index (χ3v) is 3.46. The maximum atomic E-state index is 10.0. The fourth-order valence-electron chi connectivity index (χ4n) is 2.26. The van der Waals surface area contributed by atoms with Crippen LogP contribution in [0.15, 0.2) is 12.3 Å². The van der Waals surface area contributed by atoms with Crippen molar-refractivity contribution >= 4 is 11.5 Å². The van der Waals surface area contributed by atoms with Crippen LogP contribution < -0.4 is 11.1 Å². The Morgan fingerprint density at radius 2 is 2.12 bits per heavy atom. The summed E-state index contributed by atoms with van der Waals surface area (Å²) in [5.74, 6) is 0.763. The first-order valence-electron chi connectivity index (χ1n) is 6.33. The Balaban J connectivity index is 2.05. The predicted octanol–water partition coefficient (Wildman–Crippen LogP) is 2.08. The lowest BCUT2D eigenvalue weighted by molar-refractivity contribution is 0.144. The monoisotopic (exact) mass is 235 g/mol. The first-order chi connectivity index (χ1) is 8.16. The maximum absolute atomic E-state index is 10.0. The van der Waals surface area contributed by atoms with Crippen molar-refractivity contribution in [3.63, 3.8) is 0 Å². The molecule has 1 fully saturated rings. The molecule has 2 atom stereocenters. The maximum Gasteiger partial charge on any atom is 0.128 e. The molecule has 1 aliphatic carbocycles. The molecule has 17 heavy (non-hydrogen) atoms. The lowest BCUT2D eigenvalue weighted by Crippen LogP contribution is -2.32. The van der Waals surface area contributed by atoms with E-state index in [-0.39, 0.29) is 12.1 Å². The van der Waals surface area contributed by atoms with Crippen molar-refractivity contribution in [2.75, 3.05) is 11.1 Å². The van der Waals surface area contributed by atoms with Gasteiger partial charge in [0.25, 0.3) is 0 Å². The van der Waals surface area contributed by atoms with Crippen LogP contribution in [0.4, 0.5) is 11.5 Å². The summed E-state index contributed by atoms with van der Waals surface area (Å²) in [4.78, 5) is 4.30. The third-order valence-electron chi connectivity index (χ3n) is 3.46. The standard InChI is InChI=1S/C13H21N3O/c1-9-8-15-13(7-10(9)14)16-11-5-3-2-4-6-12(11)17/h7-8,11-12,17H,2-6H2,1H3,(H3,14,15,16). The number of nitrogen functional groups attached to an aromatic ring is 1. The minimum absolute atomic E-state index is 0.104. The molecular weight excluding hydrogens is 214 g/mol. The normalized spacial score (nSPS) is 25.3. The molecule has 0 bridgehead atoms. The van der Waals surface area contributed by atoms with Crippen LogP contribution in [0.1, 0.15) is 37.7 Å². The minimum atomic E-state index is -0.276. The van der Waals surface area contributed by atoms with Gasteiger partial charge in [0.1, 0.15) is 5.82 Å². The smallest absolute Gasteiger partial charge is 0.128 e. The SMILES string of the molecule is Cc1cnc(NC2CCCCCC2O)cc1N. The number of aliphatic hydroxyl groups excluding tert-OH is 1. The van der Waals surface area contributed by atoms with Crippen LogP contribution in [0, 0.1) is 6.92 Å². The summed E-state index contributed by atoms with van der Waals surface area (Å²) in [7, 11) is 0. The minimum Gasteiger partial charge on any atom is -0.398 e. The number of anilines is 2. The van der Waals surface area contributed by atoms with Gasteiger partial charge in [-0.3, -0.25) is 0 Å². The molecule has 1 aliphatic rings. The van der Waals surface area contributed by atoms with Crippen LogP contribution in [-0.4, -0.2) is 22.2 Å². The van der Waals surface area contributed by atoms with E-state index >= 15 is 0 Å². The summed E-state index contributed by atoms with van der Waals surface area (Å²) in [5.41, 5.74) is 7.57. The second kappa shape index (κ2) is 5.36. The molecule has 0 saturated heterocycles. The summed E-state index contributed by atoms with van der Waals surface area (Å²) in [6.07, 6.45) is 6.84.